The van der Waals surface area contributed by atoms with Crippen molar-refractivity contribution in [1.82, 2.24) is 9.21 Å². The summed E-state index contributed by atoms with van der Waals surface area (Å²) >= 11 is 0. The number of carbonyl (C=O) groups excluding carboxylic acids is 1. The number of carbonyl (C=O) groups is 1. The summed E-state index contributed by atoms with van der Waals surface area (Å²) < 4.78 is 31.4. The maximum atomic E-state index is 12.5. The monoisotopic (exact) mass is 441 g/mol. The number of benzene rings is 3. The fraction of sp³-hybridized carbons (Fsp3) is 0.261. The van der Waals surface area contributed by atoms with Crippen molar-refractivity contribution in [2.24, 2.45) is 0 Å². The summed E-state index contributed by atoms with van der Waals surface area (Å²) in [5.41, 5.74) is 1.50. The van der Waals surface area contributed by atoms with Crippen LogP contribution in [0.15, 0.2) is 65.6 Å². The number of amides is 1. The van der Waals surface area contributed by atoms with E-state index in [0.29, 0.717) is 12.2 Å². The van der Waals surface area contributed by atoms with E-state index in [0.717, 1.165) is 15.3 Å². The first-order valence-corrected chi connectivity index (χ1v) is 11.2. The molecule has 0 bridgehead atoms. The van der Waals surface area contributed by atoms with Crippen LogP contribution in [-0.4, -0.2) is 58.3 Å². The molecule has 0 aliphatic carbocycles. The topological polar surface area (TPSA) is 79.0 Å². The number of hydrogen-bond acceptors (Lipinski definition) is 5. The Hall–Kier alpha value is -2.94. The van der Waals surface area contributed by atoms with Crippen LogP contribution in [0.5, 0.6) is 5.75 Å². The summed E-state index contributed by atoms with van der Waals surface area (Å²) in [6.45, 7) is 0.774. The lowest BCUT2D eigenvalue weighted by molar-refractivity contribution is -0.117. The van der Waals surface area contributed by atoms with Crippen molar-refractivity contribution < 1.29 is 17.9 Å². The lowest BCUT2D eigenvalue weighted by Gasteiger charge is -2.18. The molecule has 0 spiro atoms. The van der Waals surface area contributed by atoms with Crippen LogP contribution in [0, 0.1) is 0 Å². The smallest absolute Gasteiger partial charge is 0.246 e. The number of sulfonamides is 1. The zero-order valence-corrected chi connectivity index (χ0v) is 18.9. The van der Waals surface area contributed by atoms with Crippen LogP contribution in [0.25, 0.3) is 10.8 Å². The van der Waals surface area contributed by atoms with Gasteiger partial charge in [0.1, 0.15) is 10.6 Å². The maximum absolute atomic E-state index is 12.5. The fourth-order valence-corrected chi connectivity index (χ4v) is 4.38. The van der Waals surface area contributed by atoms with Gasteiger partial charge in [-0.05, 0) is 47.6 Å². The zero-order valence-electron chi connectivity index (χ0n) is 18.1. The molecule has 31 heavy (non-hydrogen) atoms. The molecular weight excluding hydrogens is 414 g/mol. The molecular formula is C23H27N3O4S. The second kappa shape index (κ2) is 9.47. The average molecular weight is 442 g/mol. The molecule has 0 aromatic heterocycles. The Morgan fingerprint density at radius 3 is 2.35 bits per heavy atom. The van der Waals surface area contributed by atoms with Gasteiger partial charge in [0.15, 0.2) is 0 Å². The number of likely N-dealkylation sites (N-methyl/N-ethyl adjacent to an activating group) is 1. The Morgan fingerprint density at radius 1 is 0.968 bits per heavy atom. The molecule has 0 aliphatic rings. The molecule has 164 valence electrons. The third-order valence-electron chi connectivity index (χ3n) is 4.89. The van der Waals surface area contributed by atoms with E-state index in [2.05, 4.69) is 35.6 Å². The largest absolute Gasteiger partial charge is 0.495 e. The van der Waals surface area contributed by atoms with Gasteiger partial charge in [-0.25, -0.2) is 12.7 Å². The molecule has 0 saturated carbocycles. The molecule has 0 atom stereocenters. The third kappa shape index (κ3) is 5.41. The predicted molar refractivity (Wildman–Crippen MR) is 123 cm³/mol. The van der Waals surface area contributed by atoms with Crippen molar-refractivity contribution in [3.05, 3.63) is 66.2 Å². The molecule has 1 amide bonds. The lowest BCUT2D eigenvalue weighted by atomic mass is 10.1. The summed E-state index contributed by atoms with van der Waals surface area (Å²) in [5, 5.41) is 5.11. The molecule has 0 heterocycles. The van der Waals surface area contributed by atoms with Crippen LogP contribution >= 0.6 is 0 Å². The molecule has 3 aromatic carbocycles. The van der Waals surface area contributed by atoms with Gasteiger partial charge in [-0.1, -0.05) is 36.4 Å². The van der Waals surface area contributed by atoms with E-state index in [1.807, 2.05) is 24.1 Å². The van der Waals surface area contributed by atoms with Gasteiger partial charge in [-0.3, -0.25) is 9.69 Å². The Bertz CT molecular complexity index is 1190. The fourth-order valence-electron chi connectivity index (χ4n) is 3.30. The summed E-state index contributed by atoms with van der Waals surface area (Å²) in [6.07, 6.45) is 0. The average Bonchev–Trinajstić information content (AvgIpc) is 2.73. The van der Waals surface area contributed by atoms with E-state index in [9.17, 15) is 13.2 Å². The van der Waals surface area contributed by atoms with Crippen LogP contribution in [0.1, 0.15) is 5.56 Å². The quantitative estimate of drug-likeness (QED) is 0.581. The zero-order chi connectivity index (χ0) is 22.6. The van der Waals surface area contributed by atoms with Crippen molar-refractivity contribution in [3.8, 4) is 5.75 Å². The minimum atomic E-state index is -3.71. The lowest BCUT2D eigenvalue weighted by Crippen LogP contribution is -2.30. The van der Waals surface area contributed by atoms with Gasteiger partial charge >= 0.3 is 0 Å². The first-order valence-electron chi connectivity index (χ1n) is 9.77. The van der Waals surface area contributed by atoms with Crippen LogP contribution in [0.2, 0.25) is 0 Å². The van der Waals surface area contributed by atoms with E-state index in [1.165, 1.54) is 38.7 Å². The normalized spacial score (nSPS) is 11.8. The van der Waals surface area contributed by atoms with Gasteiger partial charge in [0.2, 0.25) is 15.9 Å². The van der Waals surface area contributed by atoms with Crippen LogP contribution < -0.4 is 10.1 Å². The molecule has 0 aliphatic heterocycles. The maximum Gasteiger partial charge on any atom is 0.246 e. The number of methoxy groups -OCH3 is 1. The molecule has 3 aromatic rings. The highest BCUT2D eigenvalue weighted by Crippen LogP contribution is 2.28. The van der Waals surface area contributed by atoms with Crippen molar-refractivity contribution >= 4 is 32.4 Å². The molecule has 0 radical (unpaired) electrons. The third-order valence-corrected chi connectivity index (χ3v) is 6.72. The molecule has 0 fully saturated rings. The second-order valence-corrected chi connectivity index (χ2v) is 9.68. The number of nitrogens with zero attached hydrogens (tertiary/aromatic N) is 2. The summed E-state index contributed by atoms with van der Waals surface area (Å²) in [7, 11) is 2.45. The number of fused-ring (bicyclic) bond motifs is 1. The molecule has 1 N–H and O–H groups in total. The second-order valence-electron chi connectivity index (χ2n) is 7.56. The van der Waals surface area contributed by atoms with Crippen molar-refractivity contribution in [2.75, 3.05) is 40.1 Å². The molecule has 3 rings (SSSR count). The summed E-state index contributed by atoms with van der Waals surface area (Å²) in [6, 6.07) is 18.9. The van der Waals surface area contributed by atoms with Crippen molar-refractivity contribution in [3.63, 3.8) is 0 Å². The van der Waals surface area contributed by atoms with Gasteiger partial charge in [0, 0.05) is 26.3 Å². The Kier molecular flexibility index (Phi) is 6.94. The minimum absolute atomic E-state index is 0.00215. The highest BCUT2D eigenvalue weighted by atomic mass is 32.2. The Balaban J connectivity index is 1.68. The van der Waals surface area contributed by atoms with E-state index < -0.39 is 10.0 Å². The SMILES string of the molecule is COc1ccc(NC(=O)CN(C)Cc2ccc3ccccc3c2)cc1S(=O)(=O)N(C)C. The summed E-state index contributed by atoms with van der Waals surface area (Å²) in [5.74, 6) is -0.0122. The number of anilines is 1. The number of nitrogens with one attached hydrogen (secondary N) is 1. The highest BCUT2D eigenvalue weighted by molar-refractivity contribution is 7.89. The van der Waals surface area contributed by atoms with Gasteiger partial charge in [0.05, 0.1) is 13.7 Å². The Morgan fingerprint density at radius 2 is 1.68 bits per heavy atom. The molecule has 0 saturated heterocycles. The minimum Gasteiger partial charge on any atom is -0.495 e. The standard InChI is InChI=1S/C23H27N3O4S/c1-25(2)31(28,29)22-14-20(11-12-21(22)30-4)24-23(27)16-26(3)15-17-9-10-18-7-5-6-8-19(18)13-17/h5-14H,15-16H2,1-4H3,(H,24,27). The van der Waals surface area contributed by atoms with E-state index in [4.69, 9.17) is 4.74 Å². The van der Waals surface area contributed by atoms with Crippen molar-refractivity contribution in [2.45, 2.75) is 11.4 Å². The molecule has 8 heteroatoms. The van der Waals surface area contributed by atoms with E-state index in [1.54, 1.807) is 6.07 Å². The van der Waals surface area contributed by atoms with E-state index >= 15 is 0 Å². The number of hydrogen-bond donors (Lipinski definition) is 1. The molecule has 0 unspecified atom stereocenters. The summed E-state index contributed by atoms with van der Waals surface area (Å²) in [4.78, 5) is 14.4. The van der Waals surface area contributed by atoms with Crippen molar-refractivity contribution in [1.29, 1.82) is 0 Å². The van der Waals surface area contributed by atoms with Gasteiger partial charge in [-0.15, -0.1) is 0 Å². The van der Waals surface area contributed by atoms with Gasteiger partial charge in [0.25, 0.3) is 0 Å². The highest BCUT2D eigenvalue weighted by Gasteiger charge is 2.23. The van der Waals surface area contributed by atoms with Crippen LogP contribution in [0.4, 0.5) is 5.69 Å². The van der Waals surface area contributed by atoms with E-state index in [-0.39, 0.29) is 23.1 Å². The number of rotatable bonds is 8. The Labute approximate surface area is 183 Å². The van der Waals surface area contributed by atoms with Crippen LogP contribution in [0.3, 0.4) is 0 Å². The number of ether oxygens (including phenoxy) is 1. The van der Waals surface area contributed by atoms with Gasteiger partial charge in [-0.2, -0.15) is 0 Å². The first kappa shape index (κ1) is 22.7. The predicted octanol–water partition coefficient (Wildman–Crippen LogP) is 3.17. The first-order chi connectivity index (χ1) is 14.7. The molecule has 7 nitrogen and oxygen atoms in total. The van der Waals surface area contributed by atoms with Gasteiger partial charge < -0.3 is 10.1 Å². The van der Waals surface area contributed by atoms with Crippen LogP contribution in [-0.2, 0) is 21.4 Å².